The fourth-order valence-corrected chi connectivity index (χ4v) is 11.8. The minimum absolute atomic E-state index is 0.0192. The molecule has 2 aromatic heterocycles. The molecule has 73 heavy (non-hydrogen) atoms. The second kappa shape index (κ2) is 21.2. The Kier molecular flexibility index (Phi) is 14.7. The minimum atomic E-state index is -0.932. The third-order valence-electron chi connectivity index (χ3n) is 16.2. The molecule has 5 aliphatic rings. The summed E-state index contributed by atoms with van der Waals surface area (Å²) in [4.78, 5) is 56.3. The summed E-state index contributed by atoms with van der Waals surface area (Å²) in [6.45, 7) is 18.8. The highest BCUT2D eigenvalue weighted by molar-refractivity contribution is 5.96. The molecule has 6 heterocycles. The maximum absolute atomic E-state index is 14.9. The first-order chi connectivity index (χ1) is 35.2. The van der Waals surface area contributed by atoms with Crippen LogP contribution in [0.2, 0.25) is 0 Å². The second-order valence-corrected chi connectivity index (χ2v) is 22.5. The Morgan fingerprint density at radius 1 is 0.877 bits per heavy atom. The van der Waals surface area contributed by atoms with Crippen LogP contribution < -0.4 is 20.4 Å². The van der Waals surface area contributed by atoms with Gasteiger partial charge < -0.3 is 29.0 Å². The van der Waals surface area contributed by atoms with Crippen LogP contribution in [0.1, 0.15) is 102 Å². The molecule has 2 saturated heterocycles. The fraction of sp³-hybridized carbons (Fsp3) is 0.525. The van der Waals surface area contributed by atoms with E-state index < -0.39 is 29.4 Å². The summed E-state index contributed by atoms with van der Waals surface area (Å²) in [7, 11) is 3.79. The molecule has 3 fully saturated rings. The summed E-state index contributed by atoms with van der Waals surface area (Å²) in [6.07, 6.45) is 6.29. The Morgan fingerprint density at radius 3 is 2.38 bits per heavy atom. The highest BCUT2D eigenvalue weighted by Gasteiger charge is 2.38. The molecule has 8 bridgehead atoms. The monoisotopic (exact) mass is 993 g/mol. The Bertz CT molecular complexity index is 2820. The number of ether oxygens (including phenoxy) is 3. The zero-order valence-corrected chi connectivity index (χ0v) is 44.3. The molecule has 3 aromatic carbocycles. The average molecular weight is 993 g/mol. The van der Waals surface area contributed by atoms with Crippen LogP contribution in [0, 0.1) is 17.3 Å². The van der Waals surface area contributed by atoms with Gasteiger partial charge >= 0.3 is 5.97 Å². The van der Waals surface area contributed by atoms with Gasteiger partial charge in [-0.25, -0.2) is 5.43 Å². The number of cyclic esters (lactones) is 1. The van der Waals surface area contributed by atoms with Gasteiger partial charge in [-0.15, -0.1) is 0 Å². The zero-order chi connectivity index (χ0) is 51.1. The lowest BCUT2D eigenvalue weighted by Crippen LogP contribution is -2.61. The van der Waals surface area contributed by atoms with E-state index in [1.807, 2.05) is 37.5 Å². The Balaban J connectivity index is 1.15. The maximum atomic E-state index is 14.9. The molecule has 388 valence electrons. The third kappa shape index (κ3) is 10.8. The van der Waals surface area contributed by atoms with Gasteiger partial charge in [-0.05, 0) is 117 Å². The highest BCUT2D eigenvalue weighted by atomic mass is 16.5. The number of fused-ring (bicyclic) bond motifs is 7. The summed E-state index contributed by atoms with van der Waals surface area (Å²) in [5.41, 5.74) is 13.0. The number of aryl methyl sites for hydroxylation is 1. The molecule has 1 unspecified atom stereocenters. The van der Waals surface area contributed by atoms with Gasteiger partial charge in [-0.1, -0.05) is 70.2 Å². The number of amides is 2. The van der Waals surface area contributed by atoms with Gasteiger partial charge in [-0.2, -0.15) is 0 Å². The van der Waals surface area contributed by atoms with Gasteiger partial charge in [0.05, 0.1) is 47.9 Å². The van der Waals surface area contributed by atoms with E-state index in [4.69, 9.17) is 19.2 Å². The van der Waals surface area contributed by atoms with Gasteiger partial charge in [0.15, 0.2) is 0 Å². The first-order valence-electron chi connectivity index (χ1n) is 26.9. The molecule has 0 spiro atoms. The van der Waals surface area contributed by atoms with Crippen molar-refractivity contribution in [1.82, 2.24) is 35.1 Å². The number of carbonyl (C=O) groups is 3. The van der Waals surface area contributed by atoms with Gasteiger partial charge in [0.25, 0.3) is 5.91 Å². The van der Waals surface area contributed by atoms with E-state index in [9.17, 15) is 14.4 Å². The SMILES string of the molecule is CCn1c(-c2cc(N3CCN(C4CC4)CC3)cnc2[C@H](C)OC)c2c3cc(ccc31)-c1cc3cc(c1)OCC(c1ccccc1)N(C)C[C@@H](C(C)C)C(=O)N[C@@H](C3)C(=O)N1CCC[C@H](N1)C(=O)OCC(C)(C)C2. The molecule has 5 atom stereocenters. The number of hydrogen-bond acceptors (Lipinski definition) is 11. The van der Waals surface area contributed by atoms with Gasteiger partial charge in [0.1, 0.15) is 24.4 Å². The number of nitrogens with zero attached hydrogens (tertiary/aromatic N) is 6. The number of hydrogen-bond donors (Lipinski definition) is 2. The smallest absolute Gasteiger partial charge is 0.324 e. The Morgan fingerprint density at radius 2 is 1.66 bits per heavy atom. The number of rotatable bonds is 8. The molecular weight excluding hydrogens is 917 g/mol. The Labute approximate surface area is 431 Å². The maximum Gasteiger partial charge on any atom is 0.324 e. The van der Waals surface area contributed by atoms with E-state index in [1.165, 1.54) is 17.9 Å². The lowest BCUT2D eigenvalue weighted by Gasteiger charge is -2.36. The normalized spacial score (nSPS) is 24.1. The molecular formula is C59H76N8O6. The van der Waals surface area contributed by atoms with E-state index in [-0.39, 0.29) is 42.9 Å². The van der Waals surface area contributed by atoms with Crippen molar-refractivity contribution < 1.29 is 28.6 Å². The first-order valence-corrected chi connectivity index (χ1v) is 26.9. The largest absolute Gasteiger partial charge is 0.492 e. The van der Waals surface area contributed by atoms with Crippen LogP contribution in [0.15, 0.2) is 79.0 Å². The predicted molar refractivity (Wildman–Crippen MR) is 286 cm³/mol. The number of methoxy groups -OCH3 is 1. The molecule has 2 amide bonds. The molecule has 1 aliphatic carbocycles. The van der Waals surface area contributed by atoms with Crippen LogP contribution >= 0.6 is 0 Å². The van der Waals surface area contributed by atoms with Crippen LogP contribution in [0.4, 0.5) is 5.69 Å². The van der Waals surface area contributed by atoms with Crippen LogP contribution in [-0.2, 0) is 43.2 Å². The molecule has 0 radical (unpaired) electrons. The molecule has 4 aliphatic heterocycles. The molecule has 2 N–H and O–H groups in total. The van der Waals surface area contributed by atoms with E-state index in [0.717, 1.165) is 93.6 Å². The second-order valence-electron chi connectivity index (χ2n) is 22.5. The number of nitrogens with one attached hydrogen (secondary N) is 2. The number of esters is 1. The molecule has 14 nitrogen and oxygen atoms in total. The summed E-state index contributed by atoms with van der Waals surface area (Å²) >= 11 is 0. The molecule has 1 saturated carbocycles. The zero-order valence-electron chi connectivity index (χ0n) is 44.3. The number of carbonyl (C=O) groups excluding carboxylic acids is 3. The van der Waals surface area contributed by atoms with Crippen molar-refractivity contribution in [3.05, 3.63) is 101 Å². The summed E-state index contributed by atoms with van der Waals surface area (Å²) < 4.78 is 21.7. The van der Waals surface area contributed by atoms with Crippen molar-refractivity contribution in [2.45, 2.75) is 117 Å². The number of hydrazine groups is 1. The lowest BCUT2D eigenvalue weighted by molar-refractivity contribution is -0.155. The predicted octanol–water partition coefficient (Wildman–Crippen LogP) is 8.37. The summed E-state index contributed by atoms with van der Waals surface area (Å²) in [5.74, 6) is -0.644. The quantitative estimate of drug-likeness (QED) is 0.145. The Hall–Kier alpha value is -5.80. The van der Waals surface area contributed by atoms with Crippen molar-refractivity contribution in [3.63, 3.8) is 0 Å². The van der Waals surface area contributed by atoms with Crippen LogP contribution in [-0.4, -0.2) is 127 Å². The number of aromatic nitrogens is 2. The van der Waals surface area contributed by atoms with Crippen molar-refractivity contribution in [2.24, 2.45) is 17.3 Å². The van der Waals surface area contributed by atoms with Crippen molar-refractivity contribution in [2.75, 3.05) is 71.5 Å². The highest BCUT2D eigenvalue weighted by Crippen LogP contribution is 2.44. The van der Waals surface area contributed by atoms with E-state index >= 15 is 0 Å². The molecule has 14 heteroatoms. The van der Waals surface area contributed by atoms with Crippen molar-refractivity contribution in [3.8, 4) is 28.1 Å². The third-order valence-corrected chi connectivity index (χ3v) is 16.2. The van der Waals surface area contributed by atoms with E-state index in [2.05, 4.69) is 120 Å². The topological polar surface area (TPSA) is 134 Å². The van der Waals surface area contributed by atoms with Crippen LogP contribution in [0.25, 0.3) is 33.3 Å². The molecule has 5 aromatic rings. The first kappa shape index (κ1) is 50.7. The number of piperazine rings is 1. The standard InChI is InChI=1S/C59H76N8O6/c1-9-66-52-20-17-41-30-46(52)48(55(66)47-31-44(33-60-54(47)38(4)71-8)65-24-22-64(23-25-65)43-18-19-43)32-59(5,6)36-73-58(70)50-16-13-21-67(62-50)57(69)51-28-39-26-42(41)29-45(27-39)72-35-53(40-14-11-10-12-15-40)63(7)34-49(37(2)3)56(68)61-51/h10-12,14-15,17,20,26-27,29-31,33,37-38,43,49-51,53,62H,9,13,16,18-19,21-25,28,32,34-36H2,1-8H3,(H,61,68)/t38-,49-,50-,51-,53?/m0/s1. The summed E-state index contributed by atoms with van der Waals surface area (Å²) in [5, 5.41) is 5.89. The van der Waals surface area contributed by atoms with Crippen molar-refractivity contribution >= 4 is 34.4 Å². The summed E-state index contributed by atoms with van der Waals surface area (Å²) in [6, 6.07) is 24.6. The van der Waals surface area contributed by atoms with E-state index in [1.54, 1.807) is 7.11 Å². The lowest BCUT2D eigenvalue weighted by atomic mass is 9.84. The number of anilines is 1. The van der Waals surface area contributed by atoms with Gasteiger partial charge in [0.2, 0.25) is 5.91 Å². The molecule has 10 rings (SSSR count). The van der Waals surface area contributed by atoms with E-state index in [0.29, 0.717) is 51.3 Å². The van der Waals surface area contributed by atoms with Crippen LogP contribution in [0.5, 0.6) is 5.75 Å². The number of benzene rings is 3. The number of pyridine rings is 1. The number of likely N-dealkylation sites (N-methyl/N-ethyl adjacent to an activating group) is 1. The van der Waals surface area contributed by atoms with Gasteiger partial charge in [0, 0.05) is 87.3 Å². The minimum Gasteiger partial charge on any atom is -0.492 e. The fourth-order valence-electron chi connectivity index (χ4n) is 11.8. The average Bonchev–Trinajstić information content (AvgIpc) is 4.21. The van der Waals surface area contributed by atoms with Gasteiger partial charge in [-0.3, -0.25) is 34.2 Å². The van der Waals surface area contributed by atoms with Crippen LogP contribution in [0.3, 0.4) is 0 Å². The van der Waals surface area contributed by atoms with Crippen molar-refractivity contribution in [1.29, 1.82) is 0 Å².